The largest absolute Gasteiger partial charge is 0.354 e. The van der Waals surface area contributed by atoms with Crippen LogP contribution in [0.2, 0.25) is 0 Å². The molecule has 0 bridgehead atoms. The van der Waals surface area contributed by atoms with Gasteiger partial charge in [0.15, 0.2) is 0 Å². The average molecular weight is 980 g/mol. The third-order valence-corrected chi connectivity index (χ3v) is 15.1. The van der Waals surface area contributed by atoms with E-state index in [1.165, 1.54) is 30.3 Å². The molecular weight excluding hydrogens is 927 g/mol. The molecule has 2 aromatic rings. The van der Waals surface area contributed by atoms with E-state index in [1.807, 2.05) is 20.8 Å². The number of amides is 3. The average Bonchev–Trinajstić information content (AvgIpc) is 3.71. The zero-order chi connectivity index (χ0) is 48.2. The number of unbranched alkanes of at least 4 members (excludes halogenated alkanes) is 2. The Balaban J connectivity index is 1.43. The van der Waals surface area contributed by atoms with Gasteiger partial charge in [-0.05, 0) is 96.3 Å². The summed E-state index contributed by atoms with van der Waals surface area (Å²) in [5.74, 6) is -2.23. The van der Waals surface area contributed by atoms with Crippen molar-refractivity contribution in [1.29, 1.82) is 0 Å². The number of rotatable bonds is 22. The number of carbonyl (C=O) groups excluding carboxylic acids is 3. The van der Waals surface area contributed by atoms with Gasteiger partial charge in [0.2, 0.25) is 5.91 Å². The second-order valence-electron chi connectivity index (χ2n) is 16.7. The van der Waals surface area contributed by atoms with Gasteiger partial charge in [0.1, 0.15) is 0 Å². The molecule has 0 radical (unpaired) electrons. The van der Waals surface area contributed by atoms with E-state index in [2.05, 4.69) is 5.32 Å². The maximum absolute atomic E-state index is 12.6. The van der Waals surface area contributed by atoms with E-state index in [0.29, 0.717) is 64.9 Å². The zero-order valence-electron chi connectivity index (χ0n) is 36.0. The van der Waals surface area contributed by atoms with Crippen molar-refractivity contribution in [3.05, 3.63) is 107 Å². The van der Waals surface area contributed by atoms with Gasteiger partial charge >= 0.3 is 0 Å². The summed E-state index contributed by atoms with van der Waals surface area (Å²) in [6.07, 6.45) is 13.4. The van der Waals surface area contributed by atoms with Crippen molar-refractivity contribution in [2.24, 2.45) is 0 Å². The maximum atomic E-state index is 12.6. The normalized spacial score (nSPS) is 19.4. The van der Waals surface area contributed by atoms with Crippen molar-refractivity contribution in [3.8, 4) is 0 Å². The van der Waals surface area contributed by atoms with Gasteiger partial charge in [-0.1, -0.05) is 64.0 Å². The Morgan fingerprint density at radius 2 is 1.29 bits per heavy atom. The Morgan fingerprint density at radius 3 is 1.91 bits per heavy atom. The quantitative estimate of drug-likeness (QED) is 0.0452. The van der Waals surface area contributed by atoms with E-state index in [4.69, 9.17) is 0 Å². The summed E-state index contributed by atoms with van der Waals surface area (Å²) in [7, 11) is -17.8. The van der Waals surface area contributed by atoms with Crippen LogP contribution < -0.4 is 10.2 Å². The van der Waals surface area contributed by atoms with Gasteiger partial charge in [-0.2, -0.15) is 33.7 Å². The summed E-state index contributed by atoms with van der Waals surface area (Å²) < 4.78 is 134. The number of nitrogens with zero attached hydrogens (tertiary/aromatic N) is 2. The van der Waals surface area contributed by atoms with Crippen LogP contribution in [0.3, 0.4) is 0 Å². The van der Waals surface area contributed by atoms with Gasteiger partial charge < -0.3 is 10.2 Å². The maximum Gasteiger partial charge on any atom is 0.294 e. The molecule has 0 saturated heterocycles. The van der Waals surface area contributed by atoms with E-state index in [9.17, 15) is 66.3 Å². The van der Waals surface area contributed by atoms with E-state index in [1.54, 1.807) is 41.3 Å². The summed E-state index contributed by atoms with van der Waals surface area (Å²) in [5.41, 5.74) is 2.59. The second-order valence-corrected chi connectivity index (χ2v) is 22.7. The van der Waals surface area contributed by atoms with Gasteiger partial charge in [0, 0.05) is 60.4 Å². The van der Waals surface area contributed by atoms with Crippen LogP contribution in [0.25, 0.3) is 5.57 Å². The van der Waals surface area contributed by atoms with Crippen molar-refractivity contribution in [3.63, 3.8) is 0 Å². The Labute approximate surface area is 379 Å². The first-order valence-electron chi connectivity index (χ1n) is 20.7. The van der Waals surface area contributed by atoms with Crippen LogP contribution in [0.4, 0.5) is 5.69 Å². The predicted octanol–water partition coefficient (Wildman–Crippen LogP) is 4.94. The number of hydrogen-bond acceptors (Lipinski definition) is 12. The summed E-state index contributed by atoms with van der Waals surface area (Å²) >= 11 is 0. The Hall–Kier alpha value is -4.81. The molecule has 1 atom stereocenters. The molecule has 3 amide bonds. The number of nitrogens with one attached hydrogen (secondary N) is 1. The highest BCUT2D eigenvalue weighted by molar-refractivity contribution is 7.86. The molecular formula is C43H53N3O15S4. The number of anilines is 1. The van der Waals surface area contributed by atoms with Gasteiger partial charge in [-0.3, -0.25) is 37.5 Å². The molecule has 2 aromatic carbocycles. The third-order valence-electron chi connectivity index (χ3n) is 11.8. The van der Waals surface area contributed by atoms with Crippen LogP contribution in [-0.2, 0) is 65.7 Å². The lowest BCUT2D eigenvalue weighted by Gasteiger charge is -2.29. The Kier molecular flexibility index (Phi) is 15.7. The van der Waals surface area contributed by atoms with Crippen LogP contribution in [0.1, 0.15) is 88.8 Å². The molecule has 0 saturated carbocycles. The molecule has 5 N–H and O–H groups in total. The highest BCUT2D eigenvalue weighted by Gasteiger charge is 2.42. The molecule has 2 aliphatic heterocycles. The second kappa shape index (κ2) is 20.0. The van der Waals surface area contributed by atoms with E-state index in [-0.39, 0.29) is 61.0 Å². The monoisotopic (exact) mass is 979 g/mol. The van der Waals surface area contributed by atoms with Crippen LogP contribution in [0, 0.1) is 0 Å². The number of fused-ring (bicyclic) bond motifs is 2. The summed E-state index contributed by atoms with van der Waals surface area (Å²) in [6, 6.07) is 8.29. The lowest BCUT2D eigenvalue weighted by Crippen LogP contribution is -2.38. The lowest BCUT2D eigenvalue weighted by atomic mass is 9.74. The van der Waals surface area contributed by atoms with Crippen LogP contribution >= 0.6 is 0 Å². The summed E-state index contributed by atoms with van der Waals surface area (Å²) in [6.45, 7) is 5.81. The molecule has 18 nitrogen and oxygen atoms in total. The van der Waals surface area contributed by atoms with Crippen molar-refractivity contribution in [1.82, 2.24) is 10.2 Å². The molecule has 1 unspecified atom stereocenters. The summed E-state index contributed by atoms with van der Waals surface area (Å²) in [5, 5.41) is 2.71. The Morgan fingerprint density at radius 1 is 0.692 bits per heavy atom. The first-order valence-corrected chi connectivity index (χ1v) is 26.7. The van der Waals surface area contributed by atoms with Crippen LogP contribution in [-0.4, -0.2) is 106 Å². The fourth-order valence-corrected chi connectivity index (χ4v) is 10.6. The van der Waals surface area contributed by atoms with Crippen molar-refractivity contribution in [2.45, 2.75) is 92.8 Å². The topological polar surface area (TPSA) is 287 Å². The fraction of sp³-hybridized carbons (Fsp3) is 0.419. The zero-order valence-corrected chi connectivity index (χ0v) is 39.3. The molecule has 2 heterocycles. The number of allylic oxidation sites excluding steroid dienone is 8. The van der Waals surface area contributed by atoms with Crippen LogP contribution in [0.15, 0.2) is 100.0 Å². The van der Waals surface area contributed by atoms with E-state index in [0.717, 1.165) is 17.1 Å². The molecule has 22 heteroatoms. The molecule has 5 rings (SSSR count). The van der Waals surface area contributed by atoms with Crippen molar-refractivity contribution >= 4 is 69.5 Å². The third kappa shape index (κ3) is 12.8. The number of benzene rings is 2. The van der Waals surface area contributed by atoms with E-state index < -0.39 is 74.6 Å². The minimum Gasteiger partial charge on any atom is -0.354 e. The van der Waals surface area contributed by atoms with Crippen molar-refractivity contribution in [2.75, 3.05) is 36.0 Å². The van der Waals surface area contributed by atoms with Gasteiger partial charge in [-0.15, -0.1) is 0 Å². The molecule has 354 valence electrons. The minimum absolute atomic E-state index is 0.0249. The molecule has 3 aliphatic rings. The molecule has 0 fully saturated rings. The molecule has 0 aromatic heterocycles. The fourth-order valence-electron chi connectivity index (χ4n) is 8.59. The van der Waals surface area contributed by atoms with Crippen molar-refractivity contribution < 1.29 is 66.3 Å². The number of imide groups is 1. The van der Waals surface area contributed by atoms with Gasteiger partial charge in [0.05, 0.1) is 21.3 Å². The number of hydrogen-bond donors (Lipinski definition) is 5. The van der Waals surface area contributed by atoms with Crippen LogP contribution in [0.5, 0.6) is 0 Å². The predicted molar refractivity (Wildman–Crippen MR) is 242 cm³/mol. The van der Waals surface area contributed by atoms with Gasteiger partial charge in [-0.25, -0.2) is 0 Å². The minimum atomic E-state index is -4.64. The highest BCUT2D eigenvalue weighted by atomic mass is 32.2. The smallest absolute Gasteiger partial charge is 0.294 e. The first kappa shape index (κ1) is 51.2. The van der Waals surface area contributed by atoms with E-state index >= 15 is 0 Å². The SMILES string of the molecule is CC1(CCCCCC(=O)NCCN2C(=O)C=CC2=O)C(/C=C/C=C/C=C2/N(CCCS(=O)(=O)O)c3ccc(S(=O)(=O)O)cc3C2(C)C)=C(CCCS(=O)(=O)O)c2ccc(S(=O)(=O)O)cc21. The molecule has 65 heavy (non-hydrogen) atoms. The van der Waals surface area contributed by atoms with Gasteiger partial charge in [0.25, 0.3) is 52.3 Å². The molecule has 1 aliphatic carbocycles. The standard InChI is InChI=1S/C43H53N3O15S4/c1-42(2)36-29-31(65(59,60)61)17-19-37(36)45(24-11-27-63(53,54)55)38(42)14-7-4-6-13-34-32(12-10-26-62(50,51)52)33-18-16-30(64(56,57)58)28-35(33)43(34,3)22-9-5-8-15-39(47)44-23-25-46-40(48)20-21-41(46)49/h4,6-7,13-14,16-21,28-29H,5,8-12,15,22-27H2,1-3H3,(H,44,47)(H,50,51,52)(H,53,54,55)(H,56,57,58)(H,59,60,61)/b7-4+,13-6+,38-14+. The summed E-state index contributed by atoms with van der Waals surface area (Å²) in [4.78, 5) is 38.3. The number of carbonyl (C=O) groups is 3. The first-order chi connectivity index (χ1) is 30.1. The lowest BCUT2D eigenvalue weighted by molar-refractivity contribution is -0.137. The highest BCUT2D eigenvalue weighted by Crippen LogP contribution is 2.52. The Bertz CT molecular complexity index is 2830. The molecule has 0 spiro atoms.